The first-order valence-corrected chi connectivity index (χ1v) is 4.44. The van der Waals surface area contributed by atoms with Crippen LogP contribution in [0.1, 0.15) is 0 Å². The van der Waals surface area contributed by atoms with Crippen molar-refractivity contribution in [3.8, 4) is 0 Å². The van der Waals surface area contributed by atoms with E-state index < -0.39 is 0 Å². The van der Waals surface area contributed by atoms with Gasteiger partial charge in [-0.25, -0.2) is 0 Å². The fraction of sp³-hybridized carbons (Fsp3) is 0.167. The van der Waals surface area contributed by atoms with Gasteiger partial charge in [0.15, 0.2) is 0 Å². The molecule has 0 unspecified atom stereocenters. The van der Waals surface area contributed by atoms with Gasteiger partial charge in [0.05, 0.1) is 0 Å². The molecular weight excluding hydrogens is 165 g/mol. The quantitative estimate of drug-likeness (QED) is 0.607. The van der Waals surface area contributed by atoms with Crippen LogP contribution in [0.4, 0.5) is 5.69 Å². The van der Waals surface area contributed by atoms with Crippen molar-refractivity contribution < 1.29 is 0 Å². The SMILES string of the molecule is CN(C)c1cccc2ccccc12.[LiH]. The summed E-state index contributed by atoms with van der Waals surface area (Å²) in [6.45, 7) is 0. The van der Waals surface area contributed by atoms with Gasteiger partial charge < -0.3 is 4.90 Å². The van der Waals surface area contributed by atoms with E-state index in [1.807, 2.05) is 0 Å². The molecule has 2 rings (SSSR count). The predicted molar refractivity (Wildman–Crippen MR) is 65.4 cm³/mol. The van der Waals surface area contributed by atoms with E-state index in [4.69, 9.17) is 0 Å². The first-order valence-electron chi connectivity index (χ1n) is 4.44. The molecule has 0 aromatic heterocycles. The van der Waals surface area contributed by atoms with Crippen molar-refractivity contribution in [3.63, 3.8) is 0 Å². The Kier molecular flexibility index (Phi) is 3.63. The summed E-state index contributed by atoms with van der Waals surface area (Å²) >= 11 is 0. The van der Waals surface area contributed by atoms with Crippen molar-refractivity contribution in [1.29, 1.82) is 0 Å². The van der Waals surface area contributed by atoms with Crippen LogP contribution >= 0.6 is 0 Å². The molecule has 0 spiro atoms. The molecule has 0 atom stereocenters. The summed E-state index contributed by atoms with van der Waals surface area (Å²) in [5, 5.41) is 2.61. The molecule has 2 aromatic rings. The zero-order valence-electron chi connectivity index (χ0n) is 7.99. The van der Waals surface area contributed by atoms with Gasteiger partial charge in [0, 0.05) is 25.2 Å². The molecule has 14 heavy (non-hydrogen) atoms. The van der Waals surface area contributed by atoms with Gasteiger partial charge in [0.2, 0.25) is 0 Å². The Balaban J connectivity index is 0.000000980. The summed E-state index contributed by atoms with van der Waals surface area (Å²) in [4.78, 5) is 2.14. The number of hydrogen-bond donors (Lipinski definition) is 0. The third-order valence-corrected chi connectivity index (χ3v) is 2.25. The van der Waals surface area contributed by atoms with E-state index in [-0.39, 0.29) is 18.9 Å². The number of rotatable bonds is 1. The Labute approximate surface area is 96.9 Å². The van der Waals surface area contributed by atoms with Crippen LogP contribution in [0.5, 0.6) is 0 Å². The predicted octanol–water partition coefficient (Wildman–Crippen LogP) is 2.26. The Morgan fingerprint density at radius 3 is 2.21 bits per heavy atom. The van der Waals surface area contributed by atoms with Gasteiger partial charge in [0.1, 0.15) is 0 Å². The van der Waals surface area contributed by atoms with E-state index in [1.165, 1.54) is 16.5 Å². The molecule has 0 heterocycles. The first-order chi connectivity index (χ1) is 6.29. The second-order valence-corrected chi connectivity index (χ2v) is 3.39. The molecule has 0 aliphatic carbocycles. The first kappa shape index (κ1) is 11.2. The summed E-state index contributed by atoms with van der Waals surface area (Å²) in [6.07, 6.45) is 0. The van der Waals surface area contributed by atoms with Crippen LogP contribution in [0, 0.1) is 0 Å². The Hall–Kier alpha value is -0.903. The van der Waals surface area contributed by atoms with Crippen LogP contribution in [-0.4, -0.2) is 33.0 Å². The fourth-order valence-electron chi connectivity index (χ4n) is 1.60. The molecule has 68 valence electrons. The van der Waals surface area contributed by atoms with Crippen molar-refractivity contribution in [2.24, 2.45) is 0 Å². The second-order valence-electron chi connectivity index (χ2n) is 3.39. The fourth-order valence-corrected chi connectivity index (χ4v) is 1.60. The van der Waals surface area contributed by atoms with E-state index >= 15 is 0 Å². The zero-order valence-corrected chi connectivity index (χ0v) is 7.99. The van der Waals surface area contributed by atoms with Crippen LogP contribution in [-0.2, 0) is 0 Å². The standard InChI is InChI=1S/C12H13N.Li.H/c1-13(2)12-9-5-7-10-6-3-4-8-11(10)12;;/h3-9H,1-2H3;;. The van der Waals surface area contributed by atoms with Gasteiger partial charge in [-0.3, -0.25) is 0 Å². The summed E-state index contributed by atoms with van der Waals surface area (Å²) in [5.74, 6) is 0. The summed E-state index contributed by atoms with van der Waals surface area (Å²) in [5.41, 5.74) is 1.28. The topological polar surface area (TPSA) is 3.24 Å². The van der Waals surface area contributed by atoms with Crippen LogP contribution in [0.15, 0.2) is 42.5 Å². The van der Waals surface area contributed by atoms with E-state index in [9.17, 15) is 0 Å². The molecule has 0 bridgehead atoms. The van der Waals surface area contributed by atoms with Gasteiger partial charge >= 0.3 is 18.9 Å². The Morgan fingerprint density at radius 2 is 1.50 bits per heavy atom. The van der Waals surface area contributed by atoms with Crippen molar-refractivity contribution in [2.75, 3.05) is 19.0 Å². The number of hydrogen-bond acceptors (Lipinski definition) is 1. The number of anilines is 1. The number of nitrogens with zero attached hydrogens (tertiary/aromatic N) is 1. The third kappa shape index (κ3) is 1.95. The molecule has 0 aliphatic rings. The minimum absolute atomic E-state index is 0. The third-order valence-electron chi connectivity index (χ3n) is 2.25. The number of benzene rings is 2. The monoisotopic (exact) mass is 179 g/mol. The van der Waals surface area contributed by atoms with Crippen molar-refractivity contribution in [3.05, 3.63) is 42.5 Å². The second kappa shape index (κ2) is 4.55. The molecule has 2 aromatic carbocycles. The molecule has 0 saturated carbocycles. The molecule has 0 N–H and O–H groups in total. The van der Waals surface area contributed by atoms with Crippen molar-refractivity contribution in [1.82, 2.24) is 0 Å². The van der Waals surface area contributed by atoms with Crippen molar-refractivity contribution >= 4 is 35.3 Å². The molecule has 1 nitrogen and oxygen atoms in total. The summed E-state index contributed by atoms with van der Waals surface area (Å²) in [6, 6.07) is 14.8. The Bertz CT molecular complexity index is 418. The average Bonchev–Trinajstić information content (AvgIpc) is 2.17. The van der Waals surface area contributed by atoms with Crippen LogP contribution < -0.4 is 4.90 Å². The maximum atomic E-state index is 2.16. The maximum absolute atomic E-state index is 2.16. The van der Waals surface area contributed by atoms with Gasteiger partial charge in [-0.1, -0.05) is 36.4 Å². The normalized spacial score (nSPS) is 9.57. The van der Waals surface area contributed by atoms with Gasteiger partial charge in [-0.15, -0.1) is 0 Å². The molecule has 0 amide bonds. The summed E-state index contributed by atoms with van der Waals surface area (Å²) in [7, 11) is 4.14. The van der Waals surface area contributed by atoms with Crippen LogP contribution in [0.25, 0.3) is 10.8 Å². The van der Waals surface area contributed by atoms with E-state index in [0.717, 1.165) is 0 Å². The van der Waals surface area contributed by atoms with Gasteiger partial charge in [0.25, 0.3) is 0 Å². The number of fused-ring (bicyclic) bond motifs is 1. The van der Waals surface area contributed by atoms with Gasteiger partial charge in [-0.2, -0.15) is 0 Å². The molecule has 0 fully saturated rings. The van der Waals surface area contributed by atoms with E-state index in [1.54, 1.807) is 0 Å². The molecule has 0 radical (unpaired) electrons. The van der Waals surface area contributed by atoms with E-state index in [0.29, 0.717) is 0 Å². The van der Waals surface area contributed by atoms with Crippen LogP contribution in [0.2, 0.25) is 0 Å². The van der Waals surface area contributed by atoms with Crippen LogP contribution in [0.3, 0.4) is 0 Å². The molecule has 0 saturated heterocycles. The van der Waals surface area contributed by atoms with Gasteiger partial charge in [-0.05, 0) is 11.5 Å². The average molecular weight is 179 g/mol. The summed E-state index contributed by atoms with van der Waals surface area (Å²) < 4.78 is 0. The minimum atomic E-state index is 0. The van der Waals surface area contributed by atoms with Crippen molar-refractivity contribution in [2.45, 2.75) is 0 Å². The van der Waals surface area contributed by atoms with E-state index in [2.05, 4.69) is 61.5 Å². The molecular formula is C12H14LiN. The molecule has 0 aliphatic heterocycles. The zero-order chi connectivity index (χ0) is 9.26. The molecule has 2 heteroatoms. The Morgan fingerprint density at radius 1 is 0.857 bits per heavy atom.